The van der Waals surface area contributed by atoms with Gasteiger partial charge in [-0.05, 0) is 45.0 Å². The summed E-state index contributed by atoms with van der Waals surface area (Å²) in [5.74, 6) is 6.08. The third kappa shape index (κ3) is 5.02. The third-order valence-corrected chi connectivity index (χ3v) is 2.99. The maximum Gasteiger partial charge on any atom is 0.408 e. The molecule has 0 fully saturated rings. The molecule has 0 spiro atoms. The van der Waals surface area contributed by atoms with E-state index in [4.69, 9.17) is 15.7 Å². The smallest absolute Gasteiger partial charge is 0.408 e. The molecular formula is C18H19N5O2. The first-order valence-electron chi connectivity index (χ1n) is 7.60. The van der Waals surface area contributed by atoms with Gasteiger partial charge in [0.25, 0.3) is 0 Å². The van der Waals surface area contributed by atoms with E-state index < -0.39 is 11.7 Å². The molecule has 1 aromatic heterocycles. The quantitative estimate of drug-likeness (QED) is 0.817. The van der Waals surface area contributed by atoms with Gasteiger partial charge < -0.3 is 15.8 Å². The number of carbonyl (C=O) groups is 1. The molecule has 0 aliphatic heterocycles. The number of amides is 1. The Morgan fingerprint density at radius 3 is 2.60 bits per heavy atom. The number of alkyl carbamates (subject to hydrolysis) is 1. The molecule has 2 rings (SSSR count). The van der Waals surface area contributed by atoms with Crippen molar-refractivity contribution in [2.24, 2.45) is 0 Å². The second-order valence-electron chi connectivity index (χ2n) is 6.17. The fourth-order valence-corrected chi connectivity index (χ4v) is 1.91. The highest BCUT2D eigenvalue weighted by Crippen LogP contribution is 2.16. The SMILES string of the molecule is CC(C)(C)OC(=O)NCC#Cc1ccc(-n2ncc(C#N)c2N)cc1. The molecule has 0 saturated heterocycles. The Hall–Kier alpha value is -3.45. The number of hydrogen-bond acceptors (Lipinski definition) is 5. The average Bonchev–Trinajstić information content (AvgIpc) is 2.91. The van der Waals surface area contributed by atoms with E-state index in [1.807, 2.05) is 18.2 Å². The van der Waals surface area contributed by atoms with Crippen LogP contribution in [-0.2, 0) is 4.74 Å². The molecule has 0 saturated carbocycles. The van der Waals surface area contributed by atoms with Crippen molar-refractivity contribution < 1.29 is 9.53 Å². The number of carbonyl (C=O) groups excluding carboxylic acids is 1. The standard InChI is InChI=1S/C18H19N5O2/c1-18(2,3)25-17(24)21-10-4-5-13-6-8-15(9-7-13)23-16(20)14(11-19)12-22-23/h6-9,12H,10,20H2,1-3H3,(H,21,24). The summed E-state index contributed by atoms with van der Waals surface area (Å²) in [6.07, 6.45) is 0.922. The normalized spacial score (nSPS) is 10.3. The Bertz CT molecular complexity index is 858. The molecule has 0 radical (unpaired) electrons. The fourth-order valence-electron chi connectivity index (χ4n) is 1.91. The van der Waals surface area contributed by atoms with Crippen molar-refractivity contribution in [3.63, 3.8) is 0 Å². The molecular weight excluding hydrogens is 318 g/mol. The summed E-state index contributed by atoms with van der Waals surface area (Å²) < 4.78 is 6.60. The largest absolute Gasteiger partial charge is 0.444 e. The van der Waals surface area contributed by atoms with Crippen LogP contribution in [0.15, 0.2) is 30.5 Å². The van der Waals surface area contributed by atoms with Gasteiger partial charge >= 0.3 is 6.09 Å². The number of nitrogen functional groups attached to an aromatic ring is 1. The Kier molecular flexibility index (Phi) is 5.31. The van der Waals surface area contributed by atoms with Gasteiger partial charge in [0.1, 0.15) is 23.1 Å². The van der Waals surface area contributed by atoms with E-state index in [-0.39, 0.29) is 6.54 Å². The molecule has 7 heteroatoms. The number of ether oxygens (including phenoxy) is 1. The van der Waals surface area contributed by atoms with Crippen LogP contribution in [0.5, 0.6) is 0 Å². The zero-order valence-electron chi connectivity index (χ0n) is 14.3. The van der Waals surface area contributed by atoms with E-state index in [1.165, 1.54) is 10.9 Å². The van der Waals surface area contributed by atoms with Crippen LogP contribution in [0.1, 0.15) is 31.9 Å². The summed E-state index contributed by atoms with van der Waals surface area (Å²) in [6.45, 7) is 5.58. The molecule has 2 aromatic rings. The molecule has 7 nitrogen and oxygen atoms in total. The second-order valence-corrected chi connectivity index (χ2v) is 6.17. The molecule has 0 bridgehead atoms. The lowest BCUT2D eigenvalue weighted by Gasteiger charge is -2.18. The van der Waals surface area contributed by atoms with Gasteiger partial charge in [0, 0.05) is 5.56 Å². The van der Waals surface area contributed by atoms with E-state index in [1.54, 1.807) is 32.9 Å². The number of hydrogen-bond donors (Lipinski definition) is 2. The van der Waals surface area contributed by atoms with E-state index in [0.29, 0.717) is 11.4 Å². The van der Waals surface area contributed by atoms with E-state index in [9.17, 15) is 4.79 Å². The predicted molar refractivity (Wildman–Crippen MR) is 93.8 cm³/mol. The lowest BCUT2D eigenvalue weighted by atomic mass is 10.2. The maximum absolute atomic E-state index is 11.5. The fraction of sp³-hybridized carbons (Fsp3) is 0.278. The molecule has 0 aliphatic rings. The number of nitriles is 1. The first-order valence-corrected chi connectivity index (χ1v) is 7.60. The lowest BCUT2D eigenvalue weighted by Crippen LogP contribution is -2.32. The lowest BCUT2D eigenvalue weighted by molar-refractivity contribution is 0.0535. The maximum atomic E-state index is 11.5. The number of nitrogens with two attached hydrogens (primary N) is 1. The molecule has 1 heterocycles. The molecule has 3 N–H and O–H groups in total. The van der Waals surface area contributed by atoms with Crippen molar-refractivity contribution in [1.29, 1.82) is 5.26 Å². The number of rotatable bonds is 2. The van der Waals surface area contributed by atoms with E-state index in [2.05, 4.69) is 22.3 Å². The minimum Gasteiger partial charge on any atom is -0.444 e. The first kappa shape index (κ1) is 17.9. The summed E-state index contributed by atoms with van der Waals surface area (Å²) in [5.41, 5.74) is 7.16. The molecule has 128 valence electrons. The van der Waals surface area contributed by atoms with Crippen molar-refractivity contribution in [1.82, 2.24) is 15.1 Å². The molecule has 25 heavy (non-hydrogen) atoms. The zero-order valence-corrected chi connectivity index (χ0v) is 14.3. The van der Waals surface area contributed by atoms with Crippen LogP contribution < -0.4 is 11.1 Å². The number of nitrogens with one attached hydrogen (secondary N) is 1. The van der Waals surface area contributed by atoms with Crippen LogP contribution in [-0.4, -0.2) is 28.0 Å². The minimum absolute atomic E-state index is 0.189. The molecule has 1 aromatic carbocycles. The zero-order chi connectivity index (χ0) is 18.4. The van der Waals surface area contributed by atoms with Crippen molar-refractivity contribution in [2.75, 3.05) is 12.3 Å². The summed E-state index contributed by atoms with van der Waals surface area (Å²) in [5, 5.41) is 15.6. The number of aromatic nitrogens is 2. The second kappa shape index (κ2) is 7.41. The van der Waals surface area contributed by atoms with Crippen LogP contribution in [0.4, 0.5) is 10.6 Å². The van der Waals surface area contributed by atoms with Crippen molar-refractivity contribution >= 4 is 11.9 Å². The van der Waals surface area contributed by atoms with E-state index in [0.717, 1.165) is 11.3 Å². The van der Waals surface area contributed by atoms with E-state index >= 15 is 0 Å². The monoisotopic (exact) mass is 337 g/mol. The van der Waals surface area contributed by atoms with Crippen molar-refractivity contribution in [3.05, 3.63) is 41.6 Å². The van der Waals surface area contributed by atoms with Crippen LogP contribution in [0.3, 0.4) is 0 Å². The Balaban J connectivity index is 1.96. The molecule has 1 amide bonds. The third-order valence-electron chi connectivity index (χ3n) is 2.99. The van der Waals surface area contributed by atoms with Crippen molar-refractivity contribution in [3.8, 4) is 23.6 Å². The number of nitrogens with zero attached hydrogens (tertiary/aromatic N) is 3. The highest BCUT2D eigenvalue weighted by atomic mass is 16.6. The summed E-state index contributed by atoms with van der Waals surface area (Å²) in [4.78, 5) is 11.5. The van der Waals surface area contributed by atoms with Gasteiger partial charge in [-0.2, -0.15) is 10.4 Å². The van der Waals surface area contributed by atoms with Gasteiger partial charge in [0.15, 0.2) is 0 Å². The number of benzene rings is 1. The molecule has 0 aliphatic carbocycles. The molecule has 0 atom stereocenters. The highest BCUT2D eigenvalue weighted by molar-refractivity contribution is 5.68. The molecule has 0 unspecified atom stereocenters. The van der Waals surface area contributed by atoms with Gasteiger partial charge in [-0.25, -0.2) is 9.48 Å². The van der Waals surface area contributed by atoms with Crippen molar-refractivity contribution in [2.45, 2.75) is 26.4 Å². The first-order chi connectivity index (χ1) is 11.8. The van der Waals surface area contributed by atoms with Crippen LogP contribution >= 0.6 is 0 Å². The average molecular weight is 337 g/mol. The van der Waals surface area contributed by atoms with Gasteiger partial charge in [0.05, 0.1) is 18.4 Å². The summed E-state index contributed by atoms with van der Waals surface area (Å²) >= 11 is 0. The summed E-state index contributed by atoms with van der Waals surface area (Å²) in [6, 6.07) is 9.20. The van der Waals surface area contributed by atoms with Gasteiger partial charge in [-0.3, -0.25) is 0 Å². The van der Waals surface area contributed by atoms with Gasteiger partial charge in [-0.1, -0.05) is 11.8 Å². The van der Waals surface area contributed by atoms with Gasteiger partial charge in [0.2, 0.25) is 0 Å². The predicted octanol–water partition coefficient (Wildman–Crippen LogP) is 2.20. The van der Waals surface area contributed by atoms with Crippen LogP contribution in [0.2, 0.25) is 0 Å². The van der Waals surface area contributed by atoms with Crippen LogP contribution in [0.25, 0.3) is 5.69 Å². The van der Waals surface area contributed by atoms with Crippen LogP contribution in [0, 0.1) is 23.2 Å². The Labute approximate surface area is 146 Å². The number of anilines is 1. The summed E-state index contributed by atoms with van der Waals surface area (Å²) in [7, 11) is 0. The van der Waals surface area contributed by atoms with Gasteiger partial charge in [-0.15, -0.1) is 0 Å². The Morgan fingerprint density at radius 1 is 1.36 bits per heavy atom. The Morgan fingerprint density at radius 2 is 2.04 bits per heavy atom. The highest BCUT2D eigenvalue weighted by Gasteiger charge is 2.15. The minimum atomic E-state index is -0.535. The topological polar surface area (TPSA) is 106 Å².